The molecule has 0 bridgehead atoms. The third-order valence-corrected chi connectivity index (χ3v) is 8.09. The van der Waals surface area contributed by atoms with E-state index in [4.69, 9.17) is 9.47 Å². The third kappa shape index (κ3) is 6.54. The standard InChI is InChI=1S/C33H31F2N5O6/c1-2-45-28-10-12-40(22-5-3-21(34)4-6-22)32(43)30(28)31(42)37-27-8-7-24(15-26(27)35)46-25-9-11-36-29(16-25)38-33(44)39-17-19-13-23(41)14-20(19)18-39/h3-12,15-16,19-20,23,41H,2,13-14,17-18H2,1H3,(H,37,42)(H,36,38,44)/t19-,20?,23?/m1/s1. The van der Waals surface area contributed by atoms with E-state index in [2.05, 4.69) is 15.6 Å². The van der Waals surface area contributed by atoms with Gasteiger partial charge >= 0.3 is 6.03 Å². The molecule has 1 aliphatic carbocycles. The van der Waals surface area contributed by atoms with E-state index >= 15 is 4.39 Å². The maximum Gasteiger partial charge on any atom is 0.323 e. The van der Waals surface area contributed by atoms with Gasteiger partial charge in [-0.15, -0.1) is 0 Å². The molecule has 2 fully saturated rings. The van der Waals surface area contributed by atoms with E-state index in [1.54, 1.807) is 17.9 Å². The summed E-state index contributed by atoms with van der Waals surface area (Å²) in [6, 6.07) is 13.1. The number of ether oxygens (including phenoxy) is 2. The smallest absolute Gasteiger partial charge is 0.323 e. The van der Waals surface area contributed by atoms with Crippen LogP contribution in [0.15, 0.2) is 77.9 Å². The fourth-order valence-electron chi connectivity index (χ4n) is 5.96. The Bertz CT molecular complexity index is 1820. The summed E-state index contributed by atoms with van der Waals surface area (Å²) in [5.74, 6) is -0.958. The molecular weight excluding hydrogens is 600 g/mol. The number of hydrogen-bond donors (Lipinski definition) is 3. The summed E-state index contributed by atoms with van der Waals surface area (Å²) in [5.41, 5.74) is -0.965. The highest BCUT2D eigenvalue weighted by atomic mass is 19.1. The van der Waals surface area contributed by atoms with Crippen LogP contribution in [0.5, 0.6) is 17.2 Å². The topological polar surface area (TPSA) is 135 Å². The number of urea groups is 1. The average Bonchev–Trinajstić information content (AvgIpc) is 3.57. The van der Waals surface area contributed by atoms with E-state index in [9.17, 15) is 23.9 Å². The van der Waals surface area contributed by atoms with Crippen molar-refractivity contribution in [3.05, 3.63) is 101 Å². The number of fused-ring (bicyclic) bond motifs is 1. The van der Waals surface area contributed by atoms with Crippen molar-refractivity contribution in [2.24, 2.45) is 11.8 Å². The minimum Gasteiger partial charge on any atom is -0.493 e. The van der Waals surface area contributed by atoms with Gasteiger partial charge in [0.15, 0.2) is 0 Å². The van der Waals surface area contributed by atoms with Crippen LogP contribution in [-0.2, 0) is 0 Å². The van der Waals surface area contributed by atoms with Gasteiger partial charge in [-0.25, -0.2) is 18.6 Å². The van der Waals surface area contributed by atoms with Crippen molar-refractivity contribution in [2.45, 2.75) is 25.9 Å². The number of aliphatic hydroxyl groups is 1. The quantitative estimate of drug-likeness (QED) is 0.244. The first-order chi connectivity index (χ1) is 22.2. The van der Waals surface area contributed by atoms with E-state index in [-0.39, 0.29) is 53.1 Å². The van der Waals surface area contributed by atoms with Crippen LogP contribution in [0.2, 0.25) is 0 Å². The first kappa shape index (κ1) is 30.7. The monoisotopic (exact) mass is 631 g/mol. The van der Waals surface area contributed by atoms with Gasteiger partial charge in [0.1, 0.15) is 40.3 Å². The molecule has 4 aromatic rings. The summed E-state index contributed by atoms with van der Waals surface area (Å²) in [6.07, 6.45) is 3.96. The molecule has 13 heteroatoms. The van der Waals surface area contributed by atoms with Crippen LogP contribution >= 0.6 is 0 Å². The first-order valence-electron chi connectivity index (χ1n) is 14.8. The second-order valence-electron chi connectivity index (χ2n) is 11.2. The van der Waals surface area contributed by atoms with Gasteiger partial charge in [-0.1, -0.05) is 0 Å². The third-order valence-electron chi connectivity index (χ3n) is 8.09. The number of benzene rings is 2. The fraction of sp³-hybridized carbons (Fsp3) is 0.273. The van der Waals surface area contributed by atoms with Crippen LogP contribution in [0, 0.1) is 23.5 Å². The van der Waals surface area contributed by atoms with E-state index < -0.39 is 23.1 Å². The Morgan fingerprint density at radius 3 is 2.39 bits per heavy atom. The Labute approximate surface area is 262 Å². The van der Waals surface area contributed by atoms with Crippen molar-refractivity contribution in [1.82, 2.24) is 14.5 Å². The van der Waals surface area contributed by atoms with Gasteiger partial charge in [0.2, 0.25) is 0 Å². The van der Waals surface area contributed by atoms with Gasteiger partial charge in [-0.3, -0.25) is 19.5 Å². The molecule has 46 heavy (non-hydrogen) atoms. The number of aromatic nitrogens is 2. The van der Waals surface area contributed by atoms with Crippen molar-refractivity contribution in [2.75, 3.05) is 30.3 Å². The van der Waals surface area contributed by atoms with Crippen LogP contribution < -0.4 is 25.7 Å². The highest BCUT2D eigenvalue weighted by Crippen LogP contribution is 2.38. The van der Waals surface area contributed by atoms with E-state index in [1.807, 2.05) is 0 Å². The van der Waals surface area contributed by atoms with Gasteiger partial charge < -0.3 is 24.8 Å². The molecule has 0 radical (unpaired) electrons. The molecule has 2 unspecified atom stereocenters. The van der Waals surface area contributed by atoms with E-state index in [1.165, 1.54) is 60.9 Å². The number of anilines is 2. The second kappa shape index (κ2) is 13.0. The highest BCUT2D eigenvalue weighted by molar-refractivity contribution is 6.06. The maximum absolute atomic E-state index is 15.2. The molecule has 3 atom stereocenters. The number of nitrogens with one attached hydrogen (secondary N) is 2. The molecule has 11 nitrogen and oxygen atoms in total. The van der Waals surface area contributed by atoms with E-state index in [0.717, 1.165) is 10.6 Å². The lowest BCUT2D eigenvalue weighted by atomic mass is 10.0. The van der Waals surface area contributed by atoms with Crippen molar-refractivity contribution in [1.29, 1.82) is 0 Å². The summed E-state index contributed by atoms with van der Waals surface area (Å²) in [4.78, 5) is 45.3. The van der Waals surface area contributed by atoms with Gasteiger partial charge in [0, 0.05) is 43.3 Å². The molecule has 2 aliphatic rings. The van der Waals surface area contributed by atoms with Gasteiger partial charge in [-0.05, 0) is 80.1 Å². The molecule has 1 saturated heterocycles. The Kier molecular flexibility index (Phi) is 8.66. The average molecular weight is 632 g/mol. The van der Waals surface area contributed by atoms with Gasteiger partial charge in [0.05, 0.1) is 18.4 Å². The molecule has 0 spiro atoms. The van der Waals surface area contributed by atoms with Crippen molar-refractivity contribution < 1.29 is 33.0 Å². The molecule has 6 rings (SSSR count). The normalized spacial score (nSPS) is 18.6. The summed E-state index contributed by atoms with van der Waals surface area (Å²) in [5, 5.41) is 15.0. The number of pyridine rings is 2. The molecule has 1 saturated carbocycles. The van der Waals surface area contributed by atoms with Crippen LogP contribution in [0.4, 0.5) is 25.1 Å². The molecule has 238 valence electrons. The summed E-state index contributed by atoms with van der Waals surface area (Å²) in [7, 11) is 0. The van der Waals surface area contributed by atoms with Gasteiger partial charge in [-0.2, -0.15) is 0 Å². The minimum atomic E-state index is -0.898. The van der Waals surface area contributed by atoms with Crippen LogP contribution in [0.25, 0.3) is 5.69 Å². The number of carbonyl (C=O) groups is 2. The Balaban J connectivity index is 1.13. The number of amides is 3. The zero-order valence-electron chi connectivity index (χ0n) is 24.8. The van der Waals surface area contributed by atoms with Crippen molar-refractivity contribution in [3.63, 3.8) is 0 Å². The summed E-state index contributed by atoms with van der Waals surface area (Å²) in [6.45, 7) is 3.02. The molecule has 3 heterocycles. The predicted molar refractivity (Wildman–Crippen MR) is 165 cm³/mol. The Morgan fingerprint density at radius 1 is 0.978 bits per heavy atom. The SMILES string of the molecule is CCOc1ccn(-c2ccc(F)cc2)c(=O)c1C(=O)Nc1ccc(Oc2ccnc(NC(=O)N3CC4CC(O)C[C@@H]4C3)c2)cc1F. The number of rotatable bonds is 8. The van der Waals surface area contributed by atoms with Crippen molar-refractivity contribution >= 4 is 23.4 Å². The van der Waals surface area contributed by atoms with Crippen LogP contribution in [0.1, 0.15) is 30.1 Å². The number of carbonyl (C=O) groups excluding carboxylic acids is 2. The Hall–Kier alpha value is -5.30. The molecule has 3 N–H and O–H groups in total. The molecular formula is C33H31F2N5O6. The summed E-state index contributed by atoms with van der Waals surface area (Å²) >= 11 is 0. The predicted octanol–water partition coefficient (Wildman–Crippen LogP) is 5.19. The van der Waals surface area contributed by atoms with Crippen LogP contribution in [0.3, 0.4) is 0 Å². The molecule has 2 aromatic carbocycles. The highest BCUT2D eigenvalue weighted by Gasteiger charge is 2.41. The molecule has 2 aromatic heterocycles. The Morgan fingerprint density at radius 2 is 1.70 bits per heavy atom. The maximum atomic E-state index is 15.2. The van der Waals surface area contributed by atoms with E-state index in [0.29, 0.717) is 43.5 Å². The lowest BCUT2D eigenvalue weighted by molar-refractivity contribution is 0.102. The number of likely N-dealkylation sites (tertiary alicyclic amines) is 1. The largest absolute Gasteiger partial charge is 0.493 e. The zero-order valence-corrected chi connectivity index (χ0v) is 24.8. The zero-order chi connectivity index (χ0) is 32.4. The summed E-state index contributed by atoms with van der Waals surface area (Å²) < 4.78 is 41.0. The number of nitrogens with zero attached hydrogens (tertiary/aromatic N) is 3. The minimum absolute atomic E-state index is 0.00990. The molecule has 1 aliphatic heterocycles. The van der Waals surface area contributed by atoms with Crippen molar-refractivity contribution in [3.8, 4) is 22.9 Å². The fourth-order valence-corrected chi connectivity index (χ4v) is 5.96. The lowest BCUT2D eigenvalue weighted by Crippen LogP contribution is -2.34. The van der Waals surface area contributed by atoms with Crippen LogP contribution in [-0.4, -0.2) is 57.3 Å². The molecule has 3 amide bonds. The number of hydrogen-bond acceptors (Lipinski definition) is 7. The lowest BCUT2D eigenvalue weighted by Gasteiger charge is -2.18. The van der Waals surface area contributed by atoms with Gasteiger partial charge in [0.25, 0.3) is 11.5 Å². The number of halogens is 2. The number of aliphatic hydroxyl groups excluding tert-OH is 1. The second-order valence-corrected chi connectivity index (χ2v) is 11.2. The first-order valence-corrected chi connectivity index (χ1v) is 14.8.